The van der Waals surface area contributed by atoms with Gasteiger partial charge in [0.1, 0.15) is 11.6 Å². The van der Waals surface area contributed by atoms with Crippen molar-refractivity contribution in [1.82, 2.24) is 0 Å². The average molecular weight is 380 g/mol. The van der Waals surface area contributed by atoms with Crippen LogP contribution in [0.2, 0.25) is 0 Å². The predicted octanol–water partition coefficient (Wildman–Crippen LogP) is 3.88. The highest BCUT2D eigenvalue weighted by Gasteiger charge is 2.52. The number of hydrogen-bond acceptors (Lipinski definition) is 4. The molecule has 0 amide bonds. The SMILES string of the molecule is CCOC(=O)/C=C/C[C@@H](C)c1c(F)cc(B2OC(C)(C)C(C)(C)O2)cc1F. The lowest BCUT2D eigenvalue weighted by Gasteiger charge is -2.32. The third kappa shape index (κ3) is 4.77. The molecule has 0 N–H and O–H groups in total. The van der Waals surface area contributed by atoms with Crippen molar-refractivity contribution >= 4 is 18.6 Å². The van der Waals surface area contributed by atoms with Crippen LogP contribution < -0.4 is 5.46 Å². The number of ether oxygens (including phenoxy) is 1. The van der Waals surface area contributed by atoms with Gasteiger partial charge in [-0.2, -0.15) is 0 Å². The molecule has 1 aromatic rings. The van der Waals surface area contributed by atoms with Gasteiger partial charge in [-0.25, -0.2) is 13.6 Å². The Morgan fingerprint density at radius 3 is 2.19 bits per heavy atom. The second kappa shape index (κ2) is 8.11. The summed E-state index contributed by atoms with van der Waals surface area (Å²) < 4.78 is 45.8. The first-order valence-corrected chi connectivity index (χ1v) is 9.16. The van der Waals surface area contributed by atoms with Crippen LogP contribution in [0.15, 0.2) is 24.3 Å². The van der Waals surface area contributed by atoms with Crippen molar-refractivity contribution < 1.29 is 27.6 Å². The summed E-state index contributed by atoms with van der Waals surface area (Å²) in [6.45, 7) is 11.2. The van der Waals surface area contributed by atoms with Gasteiger partial charge in [0.25, 0.3) is 0 Å². The number of halogens is 2. The zero-order valence-electron chi connectivity index (χ0n) is 16.8. The van der Waals surface area contributed by atoms with Gasteiger partial charge < -0.3 is 14.0 Å². The smallest absolute Gasteiger partial charge is 0.463 e. The molecule has 0 bridgehead atoms. The van der Waals surface area contributed by atoms with Crippen LogP contribution in [0.5, 0.6) is 0 Å². The van der Waals surface area contributed by atoms with E-state index in [2.05, 4.69) is 0 Å². The second-order valence-corrected chi connectivity index (χ2v) is 7.78. The highest BCUT2D eigenvalue weighted by molar-refractivity contribution is 6.62. The largest absolute Gasteiger partial charge is 0.495 e. The van der Waals surface area contributed by atoms with E-state index in [1.54, 1.807) is 19.9 Å². The summed E-state index contributed by atoms with van der Waals surface area (Å²) in [7, 11) is -0.827. The van der Waals surface area contributed by atoms with E-state index in [-0.39, 0.29) is 12.2 Å². The van der Waals surface area contributed by atoms with Crippen LogP contribution in [0.3, 0.4) is 0 Å². The van der Waals surface area contributed by atoms with E-state index in [9.17, 15) is 13.6 Å². The normalized spacial score (nSPS) is 19.5. The Hall–Kier alpha value is -1.73. The van der Waals surface area contributed by atoms with Crippen LogP contribution in [-0.2, 0) is 18.8 Å². The molecule has 0 aromatic heterocycles. The molecule has 2 rings (SSSR count). The Morgan fingerprint density at radius 2 is 1.70 bits per heavy atom. The van der Waals surface area contributed by atoms with Crippen molar-refractivity contribution in [3.63, 3.8) is 0 Å². The minimum atomic E-state index is -0.827. The topological polar surface area (TPSA) is 44.8 Å². The summed E-state index contributed by atoms with van der Waals surface area (Å²) in [5, 5.41) is 0. The first-order valence-electron chi connectivity index (χ1n) is 9.16. The van der Waals surface area contributed by atoms with Gasteiger partial charge in [-0.3, -0.25) is 0 Å². The highest BCUT2D eigenvalue weighted by atomic mass is 19.1. The number of benzene rings is 1. The van der Waals surface area contributed by atoms with Crippen LogP contribution in [0.4, 0.5) is 8.78 Å². The Morgan fingerprint density at radius 1 is 1.19 bits per heavy atom. The van der Waals surface area contributed by atoms with Gasteiger partial charge in [0.15, 0.2) is 0 Å². The van der Waals surface area contributed by atoms with Crippen LogP contribution >= 0.6 is 0 Å². The fraction of sp³-hybridized carbons (Fsp3) is 0.550. The minimum Gasteiger partial charge on any atom is -0.463 e. The first kappa shape index (κ1) is 21.6. The van der Waals surface area contributed by atoms with Crippen molar-refractivity contribution in [2.24, 2.45) is 0 Å². The third-order valence-electron chi connectivity index (χ3n) is 5.15. The van der Waals surface area contributed by atoms with Crippen LogP contribution in [0.25, 0.3) is 0 Å². The summed E-state index contributed by atoms with van der Waals surface area (Å²) in [4.78, 5) is 11.3. The molecular weight excluding hydrogens is 353 g/mol. The summed E-state index contributed by atoms with van der Waals surface area (Å²) in [6.07, 6.45) is 3.14. The zero-order chi connectivity index (χ0) is 20.4. The molecule has 1 saturated heterocycles. The van der Waals surface area contributed by atoms with Crippen LogP contribution in [0.1, 0.15) is 59.4 Å². The number of hydrogen-bond donors (Lipinski definition) is 0. The highest BCUT2D eigenvalue weighted by Crippen LogP contribution is 2.37. The Kier molecular flexibility index (Phi) is 6.48. The Balaban J connectivity index is 2.16. The fourth-order valence-corrected chi connectivity index (χ4v) is 2.87. The molecule has 1 fully saturated rings. The van der Waals surface area contributed by atoms with E-state index in [0.717, 1.165) is 0 Å². The zero-order valence-corrected chi connectivity index (χ0v) is 16.8. The van der Waals surface area contributed by atoms with Crippen molar-refractivity contribution in [3.8, 4) is 0 Å². The molecule has 148 valence electrons. The van der Waals surface area contributed by atoms with Crippen LogP contribution in [-0.4, -0.2) is 30.9 Å². The molecule has 0 saturated carbocycles. The van der Waals surface area contributed by atoms with Gasteiger partial charge >= 0.3 is 13.1 Å². The molecule has 7 heteroatoms. The molecule has 1 heterocycles. The number of rotatable bonds is 6. The van der Waals surface area contributed by atoms with Crippen molar-refractivity contribution in [1.29, 1.82) is 0 Å². The van der Waals surface area contributed by atoms with Gasteiger partial charge in [0, 0.05) is 11.6 Å². The molecule has 0 spiro atoms. The van der Waals surface area contributed by atoms with Crippen molar-refractivity contribution in [2.45, 2.75) is 65.1 Å². The molecule has 27 heavy (non-hydrogen) atoms. The fourth-order valence-electron chi connectivity index (χ4n) is 2.87. The lowest BCUT2D eigenvalue weighted by Crippen LogP contribution is -2.41. The molecule has 0 aliphatic carbocycles. The van der Waals surface area contributed by atoms with Gasteiger partial charge in [-0.1, -0.05) is 13.0 Å². The number of allylic oxidation sites excluding steroid dienone is 1. The first-order chi connectivity index (χ1) is 12.5. The Bertz CT molecular complexity index is 692. The minimum absolute atomic E-state index is 0.0243. The van der Waals surface area contributed by atoms with Crippen LogP contribution in [0, 0.1) is 11.6 Å². The van der Waals surface area contributed by atoms with Gasteiger partial charge in [-0.05, 0) is 64.6 Å². The lowest BCUT2D eigenvalue weighted by atomic mass is 9.77. The number of carbonyl (C=O) groups is 1. The van der Waals surface area contributed by atoms with Gasteiger partial charge in [-0.15, -0.1) is 0 Å². The van der Waals surface area contributed by atoms with Crippen molar-refractivity contribution in [3.05, 3.63) is 41.5 Å². The molecule has 1 atom stereocenters. The standard InChI is InChI=1S/C20H27BF2O4/c1-7-25-17(24)10-8-9-13(2)18-15(22)11-14(12-16(18)23)21-26-19(3,4)20(5,6)27-21/h8,10-13H,7,9H2,1-6H3/b10-8+/t13-/m1/s1. The molecule has 1 aromatic carbocycles. The van der Waals surface area contributed by atoms with E-state index in [1.165, 1.54) is 18.2 Å². The van der Waals surface area contributed by atoms with Gasteiger partial charge in [0.2, 0.25) is 0 Å². The summed E-state index contributed by atoms with van der Waals surface area (Å²) in [6, 6.07) is 2.51. The number of carbonyl (C=O) groups excluding carboxylic acids is 1. The third-order valence-corrected chi connectivity index (χ3v) is 5.15. The predicted molar refractivity (Wildman–Crippen MR) is 101 cm³/mol. The summed E-state index contributed by atoms with van der Waals surface area (Å²) >= 11 is 0. The molecule has 1 aliphatic rings. The maximum Gasteiger partial charge on any atom is 0.495 e. The van der Waals surface area contributed by atoms with Crippen molar-refractivity contribution in [2.75, 3.05) is 6.61 Å². The molecule has 0 unspecified atom stereocenters. The number of esters is 1. The molecule has 1 aliphatic heterocycles. The monoisotopic (exact) mass is 380 g/mol. The molecule has 0 radical (unpaired) electrons. The second-order valence-electron chi connectivity index (χ2n) is 7.78. The maximum absolute atomic E-state index is 14.6. The summed E-state index contributed by atoms with van der Waals surface area (Å²) in [5.74, 6) is -2.22. The average Bonchev–Trinajstić information content (AvgIpc) is 2.75. The lowest BCUT2D eigenvalue weighted by molar-refractivity contribution is -0.137. The Labute approximate surface area is 160 Å². The molecule has 4 nitrogen and oxygen atoms in total. The summed E-state index contributed by atoms with van der Waals surface area (Å²) in [5.41, 5.74) is -0.895. The van der Waals surface area contributed by atoms with E-state index in [1.807, 2.05) is 27.7 Å². The quantitative estimate of drug-likeness (QED) is 0.427. The maximum atomic E-state index is 14.6. The van der Waals surface area contributed by atoms with E-state index < -0.39 is 41.8 Å². The van der Waals surface area contributed by atoms with Gasteiger partial charge in [0.05, 0.1) is 17.8 Å². The van der Waals surface area contributed by atoms with E-state index in [0.29, 0.717) is 11.9 Å². The molecular formula is C20H27BF2O4. The van der Waals surface area contributed by atoms with E-state index in [4.69, 9.17) is 14.0 Å². The van der Waals surface area contributed by atoms with E-state index >= 15 is 0 Å².